The van der Waals surface area contributed by atoms with Gasteiger partial charge in [-0.15, -0.1) is 0 Å². The molecule has 120 valence electrons. The molecule has 0 amide bonds. The molecule has 21 heavy (non-hydrogen) atoms. The number of esters is 1. The highest BCUT2D eigenvalue weighted by Gasteiger charge is 2.37. The largest absolute Gasteiger partial charge is 0.466 e. The highest BCUT2D eigenvalue weighted by molar-refractivity contribution is 5.96. The fourth-order valence-corrected chi connectivity index (χ4v) is 3.05. The molecule has 0 radical (unpaired) electrons. The third kappa shape index (κ3) is 4.78. The summed E-state index contributed by atoms with van der Waals surface area (Å²) in [6, 6.07) is 0. The van der Waals surface area contributed by atoms with Crippen LogP contribution in [0.4, 0.5) is 0 Å². The predicted molar refractivity (Wildman–Crippen MR) is 76.9 cm³/mol. The molecule has 2 bridgehead atoms. The molecule has 2 heterocycles. The number of rotatable bonds is 8. The number of hydrogen-bond donors (Lipinski definition) is 0. The van der Waals surface area contributed by atoms with Crippen LogP contribution >= 0.6 is 0 Å². The van der Waals surface area contributed by atoms with Crippen molar-refractivity contribution in [2.24, 2.45) is 5.92 Å². The second-order valence-corrected chi connectivity index (χ2v) is 6.03. The van der Waals surface area contributed by atoms with Gasteiger partial charge < -0.3 is 14.2 Å². The first-order chi connectivity index (χ1) is 10.1. The van der Waals surface area contributed by atoms with Gasteiger partial charge in [-0.05, 0) is 32.6 Å². The Hall–Kier alpha value is -0.940. The van der Waals surface area contributed by atoms with Gasteiger partial charge in [0.2, 0.25) is 0 Å². The highest BCUT2D eigenvalue weighted by Crippen LogP contribution is 2.31. The zero-order valence-electron chi connectivity index (χ0n) is 13.0. The lowest BCUT2D eigenvalue weighted by atomic mass is 9.95. The Morgan fingerprint density at radius 3 is 2.90 bits per heavy atom. The summed E-state index contributed by atoms with van der Waals surface area (Å²) in [4.78, 5) is 23.2. The standard InChI is InChI=1S/C16H26O5/c1-3-19-16(18)9-13(17)11(2)5-4-6-14-15-8-7-12(21-15)10-20-14/h11-12,14-15H,3-10H2,1-2H3. The Morgan fingerprint density at radius 1 is 1.33 bits per heavy atom. The van der Waals surface area contributed by atoms with Gasteiger partial charge >= 0.3 is 5.97 Å². The van der Waals surface area contributed by atoms with Gasteiger partial charge in [0, 0.05) is 5.92 Å². The lowest BCUT2D eigenvalue weighted by Gasteiger charge is -2.30. The molecule has 2 rings (SSSR count). The molecule has 0 N–H and O–H groups in total. The molecule has 4 unspecified atom stereocenters. The van der Waals surface area contributed by atoms with E-state index in [2.05, 4.69) is 0 Å². The van der Waals surface area contributed by atoms with E-state index in [1.807, 2.05) is 6.92 Å². The van der Waals surface area contributed by atoms with Gasteiger partial charge in [-0.1, -0.05) is 13.3 Å². The molecule has 0 saturated carbocycles. The zero-order chi connectivity index (χ0) is 15.2. The Bertz CT molecular complexity index is 368. The number of hydrogen-bond acceptors (Lipinski definition) is 5. The van der Waals surface area contributed by atoms with Gasteiger partial charge in [0.15, 0.2) is 0 Å². The minimum atomic E-state index is -0.421. The van der Waals surface area contributed by atoms with E-state index in [1.165, 1.54) is 0 Å². The van der Waals surface area contributed by atoms with E-state index in [-0.39, 0.29) is 30.3 Å². The lowest BCUT2D eigenvalue weighted by molar-refractivity contribution is -0.148. The van der Waals surface area contributed by atoms with Crippen molar-refractivity contribution in [1.29, 1.82) is 0 Å². The average Bonchev–Trinajstić information content (AvgIpc) is 2.83. The van der Waals surface area contributed by atoms with Crippen LogP contribution in [0.2, 0.25) is 0 Å². The number of carbonyl (C=O) groups excluding carboxylic acids is 2. The van der Waals surface area contributed by atoms with Gasteiger partial charge in [0.25, 0.3) is 0 Å². The van der Waals surface area contributed by atoms with Crippen LogP contribution in [-0.2, 0) is 23.8 Å². The minimum Gasteiger partial charge on any atom is -0.466 e. The third-order valence-corrected chi connectivity index (χ3v) is 4.35. The summed E-state index contributed by atoms with van der Waals surface area (Å²) >= 11 is 0. The van der Waals surface area contributed by atoms with E-state index in [9.17, 15) is 9.59 Å². The normalized spacial score (nSPS) is 29.1. The van der Waals surface area contributed by atoms with Gasteiger partial charge in [-0.2, -0.15) is 0 Å². The Morgan fingerprint density at radius 2 is 2.14 bits per heavy atom. The van der Waals surface area contributed by atoms with Gasteiger partial charge in [-0.25, -0.2) is 0 Å². The van der Waals surface area contributed by atoms with Crippen molar-refractivity contribution in [2.75, 3.05) is 13.2 Å². The molecule has 2 aliphatic rings. The molecule has 0 aromatic heterocycles. The van der Waals surface area contributed by atoms with Crippen molar-refractivity contribution in [1.82, 2.24) is 0 Å². The van der Waals surface area contributed by atoms with Crippen molar-refractivity contribution < 1.29 is 23.8 Å². The SMILES string of the molecule is CCOC(=O)CC(=O)C(C)CCCC1OCC2CCC1O2. The smallest absolute Gasteiger partial charge is 0.313 e. The van der Waals surface area contributed by atoms with Crippen LogP contribution in [-0.4, -0.2) is 43.3 Å². The van der Waals surface area contributed by atoms with E-state index in [1.54, 1.807) is 6.92 Å². The molecule has 5 nitrogen and oxygen atoms in total. The maximum absolute atomic E-state index is 11.9. The molecule has 0 aromatic rings. The maximum Gasteiger partial charge on any atom is 0.313 e. The summed E-state index contributed by atoms with van der Waals surface area (Å²) in [5.41, 5.74) is 0. The monoisotopic (exact) mass is 298 g/mol. The molecular formula is C16H26O5. The van der Waals surface area contributed by atoms with Gasteiger partial charge in [-0.3, -0.25) is 9.59 Å². The Labute approximate surface area is 126 Å². The molecule has 4 atom stereocenters. The summed E-state index contributed by atoms with van der Waals surface area (Å²) < 4.78 is 16.5. The highest BCUT2D eigenvalue weighted by atomic mass is 16.6. The van der Waals surface area contributed by atoms with Crippen molar-refractivity contribution in [2.45, 2.75) is 70.7 Å². The summed E-state index contributed by atoms with van der Waals surface area (Å²) in [7, 11) is 0. The van der Waals surface area contributed by atoms with Crippen LogP contribution in [0.15, 0.2) is 0 Å². The first-order valence-corrected chi connectivity index (χ1v) is 8.05. The van der Waals surface area contributed by atoms with E-state index >= 15 is 0 Å². The molecule has 2 aliphatic heterocycles. The van der Waals surface area contributed by atoms with Crippen molar-refractivity contribution in [3.63, 3.8) is 0 Å². The number of carbonyl (C=O) groups is 2. The van der Waals surface area contributed by atoms with E-state index in [4.69, 9.17) is 14.2 Å². The summed E-state index contributed by atoms with van der Waals surface area (Å²) in [5.74, 6) is -0.555. The van der Waals surface area contributed by atoms with Crippen LogP contribution in [0.25, 0.3) is 0 Å². The van der Waals surface area contributed by atoms with E-state index < -0.39 is 5.97 Å². The predicted octanol–water partition coefficient (Wildman–Crippen LogP) is 2.26. The number of Topliss-reactive ketones (excluding diaryl/α,β-unsaturated/α-hetero) is 1. The molecular weight excluding hydrogens is 272 g/mol. The van der Waals surface area contributed by atoms with Crippen molar-refractivity contribution in [3.8, 4) is 0 Å². The molecule has 5 heteroatoms. The van der Waals surface area contributed by atoms with Crippen LogP contribution < -0.4 is 0 Å². The van der Waals surface area contributed by atoms with Crippen LogP contribution in [0, 0.1) is 5.92 Å². The van der Waals surface area contributed by atoms with Crippen LogP contribution in [0.5, 0.6) is 0 Å². The van der Waals surface area contributed by atoms with Gasteiger partial charge in [0.1, 0.15) is 12.2 Å². The fourth-order valence-electron chi connectivity index (χ4n) is 3.05. The first-order valence-electron chi connectivity index (χ1n) is 8.05. The van der Waals surface area contributed by atoms with E-state index in [0.717, 1.165) is 32.1 Å². The maximum atomic E-state index is 11.9. The van der Waals surface area contributed by atoms with Crippen LogP contribution in [0.1, 0.15) is 52.4 Å². The van der Waals surface area contributed by atoms with Gasteiger partial charge in [0.05, 0.1) is 31.5 Å². The van der Waals surface area contributed by atoms with Crippen molar-refractivity contribution in [3.05, 3.63) is 0 Å². The second-order valence-electron chi connectivity index (χ2n) is 6.03. The molecule has 2 saturated heterocycles. The fraction of sp³-hybridized carbons (Fsp3) is 0.875. The van der Waals surface area contributed by atoms with Crippen molar-refractivity contribution >= 4 is 11.8 Å². The summed E-state index contributed by atoms with van der Waals surface area (Å²) in [5, 5.41) is 0. The quantitative estimate of drug-likeness (QED) is 0.508. The van der Waals surface area contributed by atoms with Crippen LogP contribution in [0.3, 0.4) is 0 Å². The Balaban J connectivity index is 1.63. The number of ether oxygens (including phenoxy) is 3. The molecule has 2 fully saturated rings. The lowest BCUT2D eigenvalue weighted by Crippen LogP contribution is -2.37. The number of ketones is 1. The second kappa shape index (κ2) is 7.90. The number of fused-ring (bicyclic) bond motifs is 2. The third-order valence-electron chi connectivity index (χ3n) is 4.35. The topological polar surface area (TPSA) is 61.8 Å². The summed E-state index contributed by atoms with van der Waals surface area (Å²) in [6.07, 6.45) is 5.44. The Kier molecular flexibility index (Phi) is 6.18. The van der Waals surface area contributed by atoms with E-state index in [0.29, 0.717) is 19.3 Å². The molecule has 0 spiro atoms. The average molecular weight is 298 g/mol. The molecule has 0 aromatic carbocycles. The zero-order valence-corrected chi connectivity index (χ0v) is 13.0. The molecule has 0 aliphatic carbocycles. The minimum absolute atomic E-state index is 0.0322. The first kappa shape index (κ1) is 16.4. The summed E-state index contributed by atoms with van der Waals surface area (Å²) in [6.45, 7) is 4.65.